The highest BCUT2D eigenvalue weighted by molar-refractivity contribution is 5.11. The number of piperidine rings is 2. The molecule has 4 rings (SSSR count). The van der Waals surface area contributed by atoms with E-state index in [1.165, 1.54) is 32.2 Å². The SMILES string of the molecule is C[C@@H]1C[C@@H]2C[C@@H](O)[C@@H]3C[C@H](O)C[N@+]4(C)CCC[C@H]2[C@]34C1. The standard InChI is InChI=1S/C17H30NO2/c1-11-6-12-7-16(20)15-8-13(19)10-18(2)5-3-4-14(12)17(15,18)9-11/h11-16,19-20H,3-10H2,1-2H3/q+1/t11-,12-,13+,14-,15+,16-,17-,18+/m1/s1. The third-order valence-electron chi connectivity index (χ3n) is 7.55. The number of likely N-dealkylation sites (N-methyl/N-ethyl adjacent to an activating group) is 1. The summed E-state index contributed by atoms with van der Waals surface area (Å²) in [5, 5.41) is 21.1. The van der Waals surface area contributed by atoms with Crippen LogP contribution in [0.15, 0.2) is 0 Å². The minimum Gasteiger partial charge on any atom is -0.393 e. The Hall–Kier alpha value is -0.120. The van der Waals surface area contributed by atoms with Gasteiger partial charge in [0.25, 0.3) is 0 Å². The monoisotopic (exact) mass is 280 g/mol. The van der Waals surface area contributed by atoms with Crippen LogP contribution in [0.2, 0.25) is 0 Å². The fraction of sp³-hybridized carbons (Fsp3) is 1.00. The van der Waals surface area contributed by atoms with Crippen molar-refractivity contribution in [1.82, 2.24) is 0 Å². The second-order valence-electron chi connectivity index (χ2n) is 8.65. The average molecular weight is 280 g/mol. The lowest BCUT2D eigenvalue weighted by Crippen LogP contribution is -2.80. The molecule has 0 aromatic rings. The molecule has 8 atom stereocenters. The highest BCUT2D eigenvalue weighted by Gasteiger charge is 2.69. The van der Waals surface area contributed by atoms with E-state index in [0.717, 1.165) is 41.6 Å². The number of quaternary nitrogens is 1. The molecular weight excluding hydrogens is 250 g/mol. The van der Waals surface area contributed by atoms with Gasteiger partial charge in [-0.3, -0.25) is 0 Å². The van der Waals surface area contributed by atoms with Gasteiger partial charge in [-0.1, -0.05) is 6.92 Å². The van der Waals surface area contributed by atoms with Crippen LogP contribution in [0.1, 0.15) is 45.4 Å². The van der Waals surface area contributed by atoms with E-state index >= 15 is 0 Å². The van der Waals surface area contributed by atoms with Crippen molar-refractivity contribution in [3.63, 3.8) is 0 Å². The molecule has 114 valence electrons. The van der Waals surface area contributed by atoms with E-state index in [0.29, 0.717) is 5.92 Å². The van der Waals surface area contributed by atoms with Crippen LogP contribution in [0.5, 0.6) is 0 Å². The Morgan fingerprint density at radius 2 is 1.90 bits per heavy atom. The van der Waals surface area contributed by atoms with Crippen molar-refractivity contribution in [2.45, 2.75) is 63.2 Å². The molecule has 4 fully saturated rings. The number of nitrogens with zero attached hydrogens (tertiary/aromatic N) is 1. The summed E-state index contributed by atoms with van der Waals surface area (Å²) in [6.45, 7) is 4.53. The van der Waals surface area contributed by atoms with E-state index in [2.05, 4.69) is 14.0 Å². The van der Waals surface area contributed by atoms with Gasteiger partial charge in [0.15, 0.2) is 0 Å². The summed E-state index contributed by atoms with van der Waals surface area (Å²) >= 11 is 0. The molecule has 4 aliphatic rings. The van der Waals surface area contributed by atoms with E-state index in [1.54, 1.807) is 0 Å². The third kappa shape index (κ3) is 1.52. The second-order valence-corrected chi connectivity index (χ2v) is 8.65. The van der Waals surface area contributed by atoms with Crippen LogP contribution in [-0.4, -0.2) is 52.6 Å². The molecule has 20 heavy (non-hydrogen) atoms. The van der Waals surface area contributed by atoms with E-state index in [9.17, 15) is 10.2 Å². The van der Waals surface area contributed by atoms with Crippen molar-refractivity contribution in [3.8, 4) is 0 Å². The first-order valence-corrected chi connectivity index (χ1v) is 8.67. The van der Waals surface area contributed by atoms with Crippen molar-refractivity contribution >= 4 is 0 Å². The van der Waals surface area contributed by atoms with Gasteiger partial charge in [0.2, 0.25) is 0 Å². The number of hydrogen-bond donors (Lipinski definition) is 2. The zero-order chi connectivity index (χ0) is 14.1. The predicted octanol–water partition coefficient (Wildman–Crippen LogP) is 1.77. The molecule has 0 radical (unpaired) electrons. The molecule has 0 aromatic heterocycles. The third-order valence-corrected chi connectivity index (χ3v) is 7.55. The van der Waals surface area contributed by atoms with Crippen LogP contribution >= 0.6 is 0 Å². The summed E-state index contributed by atoms with van der Waals surface area (Å²) in [5.74, 6) is 2.66. The van der Waals surface area contributed by atoms with Gasteiger partial charge in [0.1, 0.15) is 18.2 Å². The Kier molecular flexibility index (Phi) is 2.85. The second kappa shape index (κ2) is 4.21. The molecule has 3 nitrogen and oxygen atoms in total. The summed E-state index contributed by atoms with van der Waals surface area (Å²) in [5.41, 5.74) is 0.275. The van der Waals surface area contributed by atoms with Gasteiger partial charge in [-0.2, -0.15) is 0 Å². The molecule has 2 aliphatic carbocycles. The minimum absolute atomic E-state index is 0.172. The van der Waals surface area contributed by atoms with Crippen LogP contribution < -0.4 is 0 Å². The van der Waals surface area contributed by atoms with Gasteiger partial charge in [0, 0.05) is 18.3 Å². The first kappa shape index (κ1) is 13.5. The molecule has 0 unspecified atom stereocenters. The van der Waals surface area contributed by atoms with Crippen LogP contribution in [0, 0.1) is 23.7 Å². The van der Waals surface area contributed by atoms with E-state index in [1.807, 2.05) is 0 Å². The van der Waals surface area contributed by atoms with Gasteiger partial charge < -0.3 is 14.7 Å². The molecule has 1 spiro atoms. The minimum atomic E-state index is -0.210. The Balaban J connectivity index is 1.85. The maximum absolute atomic E-state index is 10.8. The molecular formula is C17H30NO2+. The van der Waals surface area contributed by atoms with Crippen molar-refractivity contribution in [1.29, 1.82) is 0 Å². The van der Waals surface area contributed by atoms with Crippen molar-refractivity contribution in [2.24, 2.45) is 23.7 Å². The molecule has 0 amide bonds. The normalized spacial score (nSPS) is 61.8. The van der Waals surface area contributed by atoms with Crippen LogP contribution in [-0.2, 0) is 0 Å². The Labute approximate surface area is 122 Å². The molecule has 0 aromatic carbocycles. The van der Waals surface area contributed by atoms with Crippen molar-refractivity contribution < 1.29 is 14.7 Å². The molecule has 2 saturated carbocycles. The Morgan fingerprint density at radius 3 is 2.70 bits per heavy atom. The molecule has 2 heterocycles. The lowest BCUT2D eigenvalue weighted by Gasteiger charge is -2.70. The molecule has 2 aliphatic heterocycles. The van der Waals surface area contributed by atoms with Gasteiger partial charge in [-0.05, 0) is 43.9 Å². The zero-order valence-electron chi connectivity index (χ0n) is 13.0. The van der Waals surface area contributed by atoms with Crippen LogP contribution in [0.4, 0.5) is 0 Å². The molecule has 2 saturated heterocycles. The first-order chi connectivity index (χ1) is 9.46. The quantitative estimate of drug-likeness (QED) is 0.664. The van der Waals surface area contributed by atoms with Crippen molar-refractivity contribution in [2.75, 3.05) is 20.1 Å². The lowest BCUT2D eigenvalue weighted by molar-refractivity contribution is -0.986. The van der Waals surface area contributed by atoms with Gasteiger partial charge >= 0.3 is 0 Å². The highest BCUT2D eigenvalue weighted by Crippen LogP contribution is 2.62. The van der Waals surface area contributed by atoms with Gasteiger partial charge in [-0.15, -0.1) is 0 Å². The topological polar surface area (TPSA) is 40.5 Å². The van der Waals surface area contributed by atoms with Gasteiger partial charge in [-0.25, -0.2) is 0 Å². The Bertz CT molecular complexity index is 414. The fourth-order valence-corrected chi connectivity index (χ4v) is 7.21. The molecule has 2 bridgehead atoms. The first-order valence-electron chi connectivity index (χ1n) is 8.67. The maximum atomic E-state index is 10.8. The molecule has 2 N–H and O–H groups in total. The van der Waals surface area contributed by atoms with E-state index in [-0.39, 0.29) is 17.7 Å². The largest absolute Gasteiger partial charge is 0.393 e. The van der Waals surface area contributed by atoms with Crippen LogP contribution in [0.3, 0.4) is 0 Å². The zero-order valence-corrected chi connectivity index (χ0v) is 13.0. The Morgan fingerprint density at radius 1 is 1.10 bits per heavy atom. The summed E-state index contributed by atoms with van der Waals surface area (Å²) in [7, 11) is 2.38. The van der Waals surface area contributed by atoms with E-state index in [4.69, 9.17) is 0 Å². The average Bonchev–Trinajstić information content (AvgIpc) is 2.34. The molecule has 3 heteroatoms. The smallest absolute Gasteiger partial charge is 0.108 e. The number of hydrogen-bond acceptors (Lipinski definition) is 2. The fourth-order valence-electron chi connectivity index (χ4n) is 7.21. The number of rotatable bonds is 0. The van der Waals surface area contributed by atoms with Crippen molar-refractivity contribution in [3.05, 3.63) is 0 Å². The highest BCUT2D eigenvalue weighted by atomic mass is 16.3. The van der Waals surface area contributed by atoms with Gasteiger partial charge in [0.05, 0.1) is 19.7 Å². The van der Waals surface area contributed by atoms with Crippen LogP contribution in [0.25, 0.3) is 0 Å². The number of aliphatic hydroxyl groups excluding tert-OH is 2. The summed E-state index contributed by atoms with van der Waals surface area (Å²) < 4.78 is 1.04. The van der Waals surface area contributed by atoms with E-state index < -0.39 is 0 Å². The number of aliphatic hydroxyl groups is 2. The summed E-state index contributed by atoms with van der Waals surface area (Å²) in [6, 6.07) is 0. The lowest BCUT2D eigenvalue weighted by atomic mass is 9.47. The summed E-state index contributed by atoms with van der Waals surface area (Å²) in [6.07, 6.45) is 6.72. The predicted molar refractivity (Wildman–Crippen MR) is 78.0 cm³/mol. The maximum Gasteiger partial charge on any atom is 0.108 e. The summed E-state index contributed by atoms with van der Waals surface area (Å²) in [4.78, 5) is 0.